The number of alkyl halides is 6. The summed E-state index contributed by atoms with van der Waals surface area (Å²) in [6, 6.07) is 5.69. The number of amides is 2. The average molecular weight is 648 g/mol. The Hall–Kier alpha value is -4.74. The largest absolute Gasteiger partial charge is 0.416 e. The van der Waals surface area contributed by atoms with Gasteiger partial charge < -0.3 is 10.6 Å². The van der Waals surface area contributed by atoms with E-state index in [1.54, 1.807) is 6.92 Å². The van der Waals surface area contributed by atoms with Gasteiger partial charge in [0.05, 0.1) is 34.5 Å². The second-order valence-corrected chi connectivity index (χ2v) is 11.0. The fourth-order valence-electron chi connectivity index (χ4n) is 5.63. The molecule has 244 valence electrons. The second-order valence-electron chi connectivity index (χ2n) is 11.0. The van der Waals surface area contributed by atoms with Crippen LogP contribution in [0.25, 0.3) is 0 Å². The maximum Gasteiger partial charge on any atom is 0.416 e. The molecule has 2 aliphatic heterocycles. The molecule has 9 nitrogen and oxygen atoms in total. The van der Waals surface area contributed by atoms with Crippen LogP contribution in [0.4, 0.5) is 32.0 Å². The van der Waals surface area contributed by atoms with E-state index in [-0.39, 0.29) is 65.8 Å². The lowest BCUT2D eigenvalue weighted by Crippen LogP contribution is -2.45. The zero-order valence-electron chi connectivity index (χ0n) is 25.1. The van der Waals surface area contributed by atoms with Crippen LogP contribution in [0, 0.1) is 18.3 Å². The number of likely N-dealkylation sites (N-methyl/N-ethyl adjacent to an activating group) is 1. The molecule has 2 aromatic carbocycles. The molecule has 0 spiro atoms. The van der Waals surface area contributed by atoms with Gasteiger partial charge in [0.25, 0.3) is 11.8 Å². The Bertz CT molecular complexity index is 1620. The number of nitrogens with one attached hydrogen (secondary N) is 2. The Morgan fingerprint density at radius 1 is 1.11 bits per heavy atom. The number of hydrogen-bond acceptors (Lipinski definition) is 7. The van der Waals surface area contributed by atoms with E-state index in [1.807, 2.05) is 6.07 Å². The Kier molecular flexibility index (Phi) is 10.2. The first-order valence-electron chi connectivity index (χ1n) is 14.4. The number of allylic oxidation sites excluding steroid dienone is 1. The van der Waals surface area contributed by atoms with Gasteiger partial charge in [0, 0.05) is 25.4 Å². The number of hydrogen-bond donors (Lipinski definition) is 2. The van der Waals surface area contributed by atoms with Crippen molar-refractivity contribution in [1.82, 2.24) is 10.3 Å². The molecule has 0 aromatic heterocycles. The van der Waals surface area contributed by atoms with Gasteiger partial charge in [0.2, 0.25) is 0 Å². The van der Waals surface area contributed by atoms with Crippen LogP contribution >= 0.6 is 0 Å². The third kappa shape index (κ3) is 7.72. The van der Waals surface area contributed by atoms with Crippen molar-refractivity contribution in [3.63, 3.8) is 0 Å². The topological polar surface area (TPSA) is 122 Å². The summed E-state index contributed by atoms with van der Waals surface area (Å²) in [5.74, 6) is -1.19. The number of aliphatic imine (C=N–C) groups is 1. The Morgan fingerprint density at radius 3 is 2.48 bits per heavy atom. The van der Waals surface area contributed by atoms with Crippen LogP contribution in [0.3, 0.4) is 0 Å². The number of carbonyl (C=O) groups excluding carboxylic acids is 2. The Balaban J connectivity index is 1.65. The normalized spacial score (nSPS) is 20.0. The first-order valence-corrected chi connectivity index (χ1v) is 14.4. The van der Waals surface area contributed by atoms with E-state index in [0.717, 1.165) is 11.1 Å². The number of benzene rings is 2. The minimum absolute atomic E-state index is 0.0120. The van der Waals surface area contributed by atoms with Gasteiger partial charge in [-0.25, -0.2) is 0 Å². The van der Waals surface area contributed by atoms with Gasteiger partial charge >= 0.3 is 12.4 Å². The summed E-state index contributed by atoms with van der Waals surface area (Å²) >= 11 is 0. The summed E-state index contributed by atoms with van der Waals surface area (Å²) in [5.41, 5.74) is 0.260. The molecule has 2 aromatic rings. The van der Waals surface area contributed by atoms with Gasteiger partial charge in [-0.05, 0) is 74.4 Å². The van der Waals surface area contributed by atoms with Crippen molar-refractivity contribution in [3.05, 3.63) is 75.9 Å². The van der Waals surface area contributed by atoms with Crippen molar-refractivity contribution in [2.75, 3.05) is 19.4 Å². The fourth-order valence-corrected chi connectivity index (χ4v) is 5.63. The second kappa shape index (κ2) is 13.7. The van der Waals surface area contributed by atoms with Crippen LogP contribution in [0.2, 0.25) is 0 Å². The molecule has 3 atom stereocenters. The number of halogens is 6. The number of anilines is 1. The predicted molar refractivity (Wildman–Crippen MR) is 157 cm³/mol. The van der Waals surface area contributed by atoms with E-state index < -0.39 is 47.9 Å². The van der Waals surface area contributed by atoms with E-state index in [9.17, 15) is 41.2 Å². The molecular formula is C31H31F6N7O2. The summed E-state index contributed by atoms with van der Waals surface area (Å²) < 4.78 is 82.5. The molecule has 0 radical (unpaired) electrons. The maximum atomic E-state index is 13.9. The zero-order valence-corrected chi connectivity index (χ0v) is 25.1. The molecule has 15 heteroatoms. The number of rotatable bonds is 8. The summed E-state index contributed by atoms with van der Waals surface area (Å²) in [7, 11) is 2.57. The lowest BCUT2D eigenvalue weighted by atomic mass is 9.95. The molecule has 2 amide bonds. The molecule has 3 unspecified atom stereocenters. The molecular weight excluding hydrogens is 616 g/mol. The summed E-state index contributed by atoms with van der Waals surface area (Å²) in [5, 5.41) is 22.5. The van der Waals surface area contributed by atoms with Gasteiger partial charge in [0.1, 0.15) is 6.04 Å². The van der Waals surface area contributed by atoms with Crippen LogP contribution in [-0.4, -0.2) is 54.9 Å². The maximum absolute atomic E-state index is 13.9. The van der Waals surface area contributed by atoms with Crippen molar-refractivity contribution in [3.8, 4) is 6.07 Å². The molecule has 2 aliphatic rings. The van der Waals surface area contributed by atoms with Crippen molar-refractivity contribution in [1.29, 1.82) is 5.26 Å². The summed E-state index contributed by atoms with van der Waals surface area (Å²) in [4.78, 5) is 30.8. The van der Waals surface area contributed by atoms with Crippen molar-refractivity contribution >= 4 is 23.2 Å². The van der Waals surface area contributed by atoms with Gasteiger partial charge in [0.15, 0.2) is 6.04 Å². The Labute approximate surface area is 261 Å². The lowest BCUT2D eigenvalue weighted by molar-refractivity contribution is -0.179. The molecule has 0 aliphatic carbocycles. The average Bonchev–Trinajstić information content (AvgIpc) is 3.24. The number of aryl methyl sites for hydroxylation is 1. The van der Waals surface area contributed by atoms with Crippen molar-refractivity contribution in [2.45, 2.75) is 69.5 Å². The van der Waals surface area contributed by atoms with Crippen LogP contribution in [-0.2, 0) is 11.0 Å². The third-order valence-corrected chi connectivity index (χ3v) is 7.82. The van der Waals surface area contributed by atoms with Crippen molar-refractivity contribution < 1.29 is 35.9 Å². The SMILES string of the molecule is CNC(=O)c1cc(C#N)cc(C)c1NC(=O)C1=CC(CCCC2N=NN(C)C2C(F)(F)F)=NC(c2ccccc2C(F)(F)F)CC1. The third-order valence-electron chi connectivity index (χ3n) is 7.82. The first kappa shape index (κ1) is 34.1. The van der Waals surface area contributed by atoms with Crippen LogP contribution < -0.4 is 10.6 Å². The molecule has 0 bridgehead atoms. The minimum Gasteiger partial charge on any atom is -0.355 e. The van der Waals surface area contributed by atoms with E-state index in [1.165, 1.54) is 50.5 Å². The van der Waals surface area contributed by atoms with Gasteiger partial charge in [-0.15, -0.1) is 0 Å². The van der Waals surface area contributed by atoms with Gasteiger partial charge in [-0.2, -0.15) is 36.7 Å². The van der Waals surface area contributed by atoms with Crippen LogP contribution in [0.5, 0.6) is 0 Å². The van der Waals surface area contributed by atoms with E-state index in [4.69, 9.17) is 0 Å². The highest BCUT2D eigenvalue weighted by atomic mass is 19.4. The van der Waals surface area contributed by atoms with Crippen molar-refractivity contribution in [2.24, 2.45) is 15.3 Å². The molecule has 2 heterocycles. The van der Waals surface area contributed by atoms with Gasteiger partial charge in [-0.3, -0.25) is 19.6 Å². The standard InChI is InChI=1S/C31H31F6N7O2/c1-17-13-18(16-38)14-22(29(46)39-2)26(17)41-28(45)19-11-12-24(21-8-4-5-9-23(21)30(32,33)34)40-20(15-19)7-6-10-25-27(31(35,36)37)44(3)43-42-25/h4-5,8-9,13-15,24-25,27H,6-7,10-12H2,1-3H3,(H,39,46)(H,41,45). The lowest BCUT2D eigenvalue weighted by Gasteiger charge is -2.24. The summed E-state index contributed by atoms with van der Waals surface area (Å²) in [6.45, 7) is 1.60. The minimum atomic E-state index is -4.66. The highest BCUT2D eigenvalue weighted by Gasteiger charge is 2.50. The first-order chi connectivity index (χ1) is 21.6. The fraction of sp³-hybridized carbons (Fsp3) is 0.419. The van der Waals surface area contributed by atoms with Crippen LogP contribution in [0.1, 0.15) is 70.8 Å². The molecule has 0 saturated carbocycles. The highest BCUT2D eigenvalue weighted by molar-refractivity contribution is 6.12. The highest BCUT2D eigenvalue weighted by Crippen LogP contribution is 2.39. The monoisotopic (exact) mass is 647 g/mol. The predicted octanol–water partition coefficient (Wildman–Crippen LogP) is 6.87. The molecule has 2 N–H and O–H groups in total. The number of nitriles is 1. The molecule has 46 heavy (non-hydrogen) atoms. The van der Waals surface area contributed by atoms with Crippen LogP contribution in [0.15, 0.2) is 63.4 Å². The van der Waals surface area contributed by atoms with E-state index in [0.29, 0.717) is 5.56 Å². The van der Waals surface area contributed by atoms with E-state index in [2.05, 4.69) is 26.0 Å². The quantitative estimate of drug-likeness (QED) is 0.304. The van der Waals surface area contributed by atoms with Gasteiger partial charge in [-0.1, -0.05) is 23.4 Å². The molecule has 4 rings (SSSR count). The zero-order chi connectivity index (χ0) is 33.8. The smallest absolute Gasteiger partial charge is 0.355 e. The number of nitrogens with zero attached hydrogens (tertiary/aromatic N) is 5. The molecule has 0 fully saturated rings. The summed E-state index contributed by atoms with van der Waals surface area (Å²) in [6.07, 6.45) is -7.60. The van der Waals surface area contributed by atoms with E-state index >= 15 is 0 Å². The number of carbonyl (C=O) groups is 2. The Morgan fingerprint density at radius 2 is 1.83 bits per heavy atom. The molecule has 0 saturated heterocycles.